The van der Waals surface area contributed by atoms with E-state index in [1.54, 1.807) is 13.2 Å². The van der Waals surface area contributed by atoms with Gasteiger partial charge in [-0.05, 0) is 68.4 Å². The molecule has 0 amide bonds. The third-order valence-electron chi connectivity index (χ3n) is 6.65. The molecule has 2 aromatic carbocycles. The summed E-state index contributed by atoms with van der Waals surface area (Å²) < 4.78 is 12.3. The molecule has 4 nitrogen and oxygen atoms in total. The second-order valence-corrected chi connectivity index (χ2v) is 9.33. The fourth-order valence-corrected chi connectivity index (χ4v) is 5.61. The molecular formula is C25H29NO3. The molecule has 0 aromatic heterocycles. The number of rotatable bonds is 2. The zero-order valence-electron chi connectivity index (χ0n) is 17.6. The van der Waals surface area contributed by atoms with Gasteiger partial charge in [-0.1, -0.05) is 25.1 Å². The Kier molecular flexibility index (Phi) is 4.09. The smallest absolute Gasteiger partial charge is 0.172 e. The third kappa shape index (κ3) is 2.80. The van der Waals surface area contributed by atoms with Gasteiger partial charge in [0.25, 0.3) is 0 Å². The summed E-state index contributed by atoms with van der Waals surface area (Å²) in [5, 5.41) is 14.2. The normalized spacial score (nSPS) is 24.1. The van der Waals surface area contributed by atoms with Crippen LogP contribution in [0.25, 0.3) is 11.1 Å². The van der Waals surface area contributed by atoms with Crippen molar-refractivity contribution in [1.82, 2.24) is 0 Å². The molecule has 5 rings (SSSR count). The number of allylic oxidation sites excluding steroid dienone is 2. The number of aromatic hydroxyl groups is 1. The SMILES string of the molecule is COc1c(O)ccc2c1-c1ccc3c(c1C(C1CC=CC1)O2)C(C)CC(C)(C)N3. The molecular weight excluding hydrogens is 362 g/mol. The minimum Gasteiger partial charge on any atom is -0.504 e. The summed E-state index contributed by atoms with van der Waals surface area (Å²) in [7, 11) is 1.60. The number of phenolic OH excluding ortho intramolecular Hbond substituents is 1. The first kappa shape index (κ1) is 18.4. The molecule has 2 aliphatic heterocycles. The lowest BCUT2D eigenvalue weighted by molar-refractivity contribution is 0.135. The number of nitrogens with one attached hydrogen (secondary N) is 1. The van der Waals surface area contributed by atoms with Gasteiger partial charge in [-0.25, -0.2) is 0 Å². The van der Waals surface area contributed by atoms with Crippen LogP contribution in [-0.2, 0) is 0 Å². The Labute approximate surface area is 172 Å². The minimum atomic E-state index is 0.00200. The summed E-state index contributed by atoms with van der Waals surface area (Å²) in [5.74, 6) is 2.27. The van der Waals surface area contributed by atoms with E-state index < -0.39 is 0 Å². The van der Waals surface area contributed by atoms with Crippen LogP contribution >= 0.6 is 0 Å². The molecule has 2 heterocycles. The first-order valence-corrected chi connectivity index (χ1v) is 10.6. The summed E-state index contributed by atoms with van der Waals surface area (Å²) in [6.07, 6.45) is 7.66. The molecule has 2 atom stereocenters. The molecule has 152 valence electrons. The van der Waals surface area contributed by atoms with Crippen LogP contribution in [0.1, 0.15) is 63.2 Å². The predicted octanol–water partition coefficient (Wildman–Crippen LogP) is 6.17. The van der Waals surface area contributed by atoms with E-state index in [0.29, 0.717) is 17.6 Å². The first-order valence-electron chi connectivity index (χ1n) is 10.6. The van der Waals surface area contributed by atoms with Crippen molar-refractivity contribution in [2.75, 3.05) is 12.4 Å². The largest absolute Gasteiger partial charge is 0.504 e. The van der Waals surface area contributed by atoms with E-state index in [1.807, 2.05) is 6.07 Å². The van der Waals surface area contributed by atoms with Gasteiger partial charge in [0.2, 0.25) is 0 Å². The maximum absolute atomic E-state index is 10.4. The van der Waals surface area contributed by atoms with E-state index in [-0.39, 0.29) is 17.4 Å². The van der Waals surface area contributed by atoms with Crippen LogP contribution in [0.5, 0.6) is 17.2 Å². The highest BCUT2D eigenvalue weighted by atomic mass is 16.5. The lowest BCUT2D eigenvalue weighted by Crippen LogP contribution is -2.38. The van der Waals surface area contributed by atoms with Crippen molar-refractivity contribution >= 4 is 5.69 Å². The van der Waals surface area contributed by atoms with Crippen molar-refractivity contribution in [2.45, 2.75) is 57.6 Å². The van der Waals surface area contributed by atoms with Crippen LogP contribution in [0, 0.1) is 5.92 Å². The maximum atomic E-state index is 10.4. The second-order valence-electron chi connectivity index (χ2n) is 9.33. The fourth-order valence-electron chi connectivity index (χ4n) is 5.61. The Morgan fingerprint density at radius 3 is 2.59 bits per heavy atom. The van der Waals surface area contributed by atoms with Crippen molar-refractivity contribution in [2.24, 2.45) is 5.92 Å². The van der Waals surface area contributed by atoms with Crippen molar-refractivity contribution in [3.05, 3.63) is 47.5 Å². The number of methoxy groups -OCH3 is 1. The van der Waals surface area contributed by atoms with E-state index in [4.69, 9.17) is 9.47 Å². The number of ether oxygens (including phenoxy) is 2. The van der Waals surface area contributed by atoms with E-state index in [9.17, 15) is 5.11 Å². The molecule has 0 spiro atoms. The molecule has 0 saturated carbocycles. The van der Waals surface area contributed by atoms with E-state index in [0.717, 1.165) is 36.1 Å². The molecule has 0 saturated heterocycles. The molecule has 0 radical (unpaired) electrons. The number of fused-ring (bicyclic) bond motifs is 5. The van der Waals surface area contributed by atoms with Crippen LogP contribution in [-0.4, -0.2) is 17.8 Å². The number of hydrogen-bond donors (Lipinski definition) is 2. The Balaban J connectivity index is 1.77. The molecule has 3 aliphatic rings. The molecule has 2 N–H and O–H groups in total. The van der Waals surface area contributed by atoms with Gasteiger partial charge in [0.1, 0.15) is 11.9 Å². The summed E-state index contributed by atoms with van der Waals surface area (Å²) in [5.41, 5.74) is 5.88. The molecule has 2 unspecified atom stereocenters. The van der Waals surface area contributed by atoms with Gasteiger partial charge in [-0.15, -0.1) is 0 Å². The zero-order valence-corrected chi connectivity index (χ0v) is 17.6. The Bertz CT molecular complexity index is 1000. The van der Waals surface area contributed by atoms with Gasteiger partial charge >= 0.3 is 0 Å². The molecule has 29 heavy (non-hydrogen) atoms. The van der Waals surface area contributed by atoms with Crippen LogP contribution < -0.4 is 14.8 Å². The lowest BCUT2D eigenvalue weighted by Gasteiger charge is -2.42. The minimum absolute atomic E-state index is 0.00200. The van der Waals surface area contributed by atoms with Crippen molar-refractivity contribution in [3.8, 4) is 28.4 Å². The van der Waals surface area contributed by atoms with Gasteiger partial charge in [0, 0.05) is 22.7 Å². The van der Waals surface area contributed by atoms with Gasteiger partial charge in [0.15, 0.2) is 11.5 Å². The van der Waals surface area contributed by atoms with Crippen LogP contribution in [0.3, 0.4) is 0 Å². The quantitative estimate of drug-likeness (QED) is 0.602. The van der Waals surface area contributed by atoms with Crippen molar-refractivity contribution < 1.29 is 14.6 Å². The summed E-state index contributed by atoms with van der Waals surface area (Å²) in [6.45, 7) is 6.84. The Morgan fingerprint density at radius 2 is 1.86 bits per heavy atom. The first-order chi connectivity index (χ1) is 13.9. The second kappa shape index (κ2) is 6.45. The average molecular weight is 392 g/mol. The standard InChI is InChI=1S/C25H29NO3/c1-14-13-25(2,3)26-17-10-9-16-21-19(12-11-18(27)24(21)28-4)29-23(22(16)20(14)17)15-7-5-6-8-15/h5-6,9-12,14-15,23,26-27H,7-8,13H2,1-4H3. The highest BCUT2D eigenvalue weighted by Crippen LogP contribution is 2.56. The van der Waals surface area contributed by atoms with Gasteiger partial charge in [-0.2, -0.15) is 0 Å². The Hall–Kier alpha value is -2.62. The van der Waals surface area contributed by atoms with Gasteiger partial charge < -0.3 is 19.9 Å². The molecule has 4 heteroatoms. The highest BCUT2D eigenvalue weighted by molar-refractivity contribution is 5.86. The maximum Gasteiger partial charge on any atom is 0.172 e. The van der Waals surface area contributed by atoms with E-state index >= 15 is 0 Å². The molecule has 2 aromatic rings. The topological polar surface area (TPSA) is 50.7 Å². The summed E-state index contributed by atoms with van der Waals surface area (Å²) >= 11 is 0. The number of benzene rings is 2. The van der Waals surface area contributed by atoms with Gasteiger partial charge in [-0.3, -0.25) is 0 Å². The lowest BCUT2D eigenvalue weighted by atomic mass is 9.74. The van der Waals surface area contributed by atoms with Crippen molar-refractivity contribution in [3.63, 3.8) is 0 Å². The highest BCUT2D eigenvalue weighted by Gasteiger charge is 2.40. The Morgan fingerprint density at radius 1 is 1.10 bits per heavy atom. The third-order valence-corrected chi connectivity index (χ3v) is 6.65. The summed E-state index contributed by atoms with van der Waals surface area (Å²) in [6, 6.07) is 7.90. The molecule has 1 aliphatic carbocycles. The van der Waals surface area contributed by atoms with Gasteiger partial charge in [0.05, 0.1) is 12.7 Å². The molecule has 0 fully saturated rings. The van der Waals surface area contributed by atoms with Crippen LogP contribution in [0.4, 0.5) is 5.69 Å². The van der Waals surface area contributed by atoms with E-state index in [2.05, 4.69) is 50.4 Å². The molecule has 0 bridgehead atoms. The number of anilines is 1. The monoisotopic (exact) mass is 391 g/mol. The zero-order chi connectivity index (χ0) is 20.3. The number of hydrogen-bond acceptors (Lipinski definition) is 4. The van der Waals surface area contributed by atoms with Crippen LogP contribution in [0.2, 0.25) is 0 Å². The number of phenols is 1. The fraction of sp³-hybridized carbons (Fsp3) is 0.440. The average Bonchev–Trinajstić information content (AvgIpc) is 3.20. The summed E-state index contributed by atoms with van der Waals surface area (Å²) in [4.78, 5) is 0. The van der Waals surface area contributed by atoms with Crippen molar-refractivity contribution in [1.29, 1.82) is 0 Å². The predicted molar refractivity (Wildman–Crippen MR) is 116 cm³/mol. The van der Waals surface area contributed by atoms with E-state index in [1.165, 1.54) is 16.8 Å². The van der Waals surface area contributed by atoms with Crippen LogP contribution in [0.15, 0.2) is 36.4 Å².